The fourth-order valence-electron chi connectivity index (χ4n) is 1.09. The number of hydrogen-bond acceptors (Lipinski definition) is 4. The Hall–Kier alpha value is -1.43. The molecule has 0 radical (unpaired) electrons. The molecule has 0 aliphatic carbocycles. The molecule has 1 aliphatic heterocycles. The van der Waals surface area contributed by atoms with Crippen LogP contribution >= 0.6 is 0 Å². The first kappa shape index (κ1) is 9.66. The van der Waals surface area contributed by atoms with Crippen LogP contribution in [0.25, 0.3) is 0 Å². The molecule has 6 heteroatoms. The summed E-state index contributed by atoms with van der Waals surface area (Å²) in [5.74, 6) is -2.07. The third-order valence-electron chi connectivity index (χ3n) is 1.73. The van der Waals surface area contributed by atoms with Gasteiger partial charge in [-0.25, -0.2) is 4.79 Å². The molecule has 72 valence electrons. The van der Waals surface area contributed by atoms with Gasteiger partial charge in [-0.05, 0) is 13.8 Å². The second-order valence-corrected chi connectivity index (χ2v) is 3.00. The van der Waals surface area contributed by atoms with Crippen LogP contribution in [0.5, 0.6) is 0 Å². The van der Waals surface area contributed by atoms with Gasteiger partial charge in [-0.3, -0.25) is 19.8 Å². The lowest BCUT2D eigenvalue weighted by Gasteiger charge is -2.33. The highest BCUT2D eigenvalue weighted by Crippen LogP contribution is 2.09. The first-order valence-electron chi connectivity index (χ1n) is 3.80. The number of nitrogens with zero attached hydrogens (tertiary/aromatic N) is 1. The van der Waals surface area contributed by atoms with Crippen LogP contribution in [0.1, 0.15) is 13.8 Å². The molecular weight excluding hydrogens is 176 g/mol. The predicted molar refractivity (Wildman–Crippen MR) is 41.5 cm³/mol. The average Bonchev–Trinajstić information content (AvgIpc) is 1.99. The summed E-state index contributed by atoms with van der Waals surface area (Å²) in [6.07, 6.45) is -1.65. The van der Waals surface area contributed by atoms with E-state index in [4.69, 9.17) is 0 Å². The van der Waals surface area contributed by atoms with E-state index in [9.17, 15) is 19.5 Å². The maximum absolute atomic E-state index is 11.1. The lowest BCUT2D eigenvalue weighted by Crippen LogP contribution is -2.62. The summed E-state index contributed by atoms with van der Waals surface area (Å²) in [6.45, 7) is 3.26. The summed E-state index contributed by atoms with van der Waals surface area (Å²) in [7, 11) is 0. The molecule has 0 saturated carbocycles. The van der Waals surface area contributed by atoms with E-state index in [1.807, 2.05) is 5.32 Å². The van der Waals surface area contributed by atoms with Gasteiger partial charge in [0.05, 0.1) is 0 Å². The van der Waals surface area contributed by atoms with Crippen molar-refractivity contribution in [2.75, 3.05) is 0 Å². The van der Waals surface area contributed by atoms with E-state index >= 15 is 0 Å². The van der Waals surface area contributed by atoms with Gasteiger partial charge in [-0.2, -0.15) is 0 Å². The third kappa shape index (κ3) is 1.52. The van der Waals surface area contributed by atoms with Gasteiger partial charge < -0.3 is 5.11 Å². The summed E-state index contributed by atoms with van der Waals surface area (Å²) in [5.41, 5.74) is 0. The molecule has 0 aromatic carbocycles. The lowest BCUT2D eigenvalue weighted by molar-refractivity contribution is -0.151. The van der Waals surface area contributed by atoms with Gasteiger partial charge in [0.25, 0.3) is 11.7 Å². The maximum atomic E-state index is 11.1. The number of hydrogen-bond donors (Lipinski definition) is 2. The first-order valence-corrected chi connectivity index (χ1v) is 3.80. The molecule has 2 N–H and O–H groups in total. The summed E-state index contributed by atoms with van der Waals surface area (Å²) in [4.78, 5) is 33.6. The molecule has 1 aliphatic rings. The molecule has 3 amide bonds. The van der Waals surface area contributed by atoms with Gasteiger partial charge in [-0.15, -0.1) is 0 Å². The predicted octanol–water partition coefficient (Wildman–Crippen LogP) is -1.17. The monoisotopic (exact) mass is 186 g/mol. The van der Waals surface area contributed by atoms with Crippen LogP contribution in [0.2, 0.25) is 0 Å². The zero-order valence-electron chi connectivity index (χ0n) is 7.27. The molecule has 1 heterocycles. The number of imide groups is 1. The molecule has 1 unspecified atom stereocenters. The third-order valence-corrected chi connectivity index (χ3v) is 1.73. The largest absolute Gasteiger partial charge is 0.366 e. The Morgan fingerprint density at radius 3 is 2.38 bits per heavy atom. The van der Waals surface area contributed by atoms with Crippen molar-refractivity contribution < 1.29 is 19.5 Å². The second-order valence-electron chi connectivity index (χ2n) is 3.00. The van der Waals surface area contributed by atoms with Crippen molar-refractivity contribution in [1.29, 1.82) is 0 Å². The Labute approximate surface area is 74.5 Å². The highest BCUT2D eigenvalue weighted by Gasteiger charge is 2.40. The molecule has 0 aromatic heterocycles. The van der Waals surface area contributed by atoms with Gasteiger partial charge in [0, 0.05) is 6.04 Å². The van der Waals surface area contributed by atoms with Crippen molar-refractivity contribution in [1.82, 2.24) is 10.2 Å². The number of ketones is 1. The Kier molecular flexibility index (Phi) is 2.33. The van der Waals surface area contributed by atoms with Crippen LogP contribution < -0.4 is 5.32 Å². The Balaban J connectivity index is 2.92. The molecule has 0 bridgehead atoms. The summed E-state index contributed by atoms with van der Waals surface area (Å²) < 4.78 is 0. The number of carbonyl (C=O) groups excluding carboxylic acids is 3. The summed E-state index contributed by atoms with van der Waals surface area (Å²) >= 11 is 0. The van der Waals surface area contributed by atoms with Crippen LogP contribution in [-0.2, 0) is 9.59 Å². The van der Waals surface area contributed by atoms with Crippen LogP contribution in [0.15, 0.2) is 0 Å². The number of carbonyl (C=O) groups is 3. The number of aliphatic hydroxyl groups excluding tert-OH is 1. The number of Topliss-reactive ketones (excluding diaryl/α,β-unsaturated/α-hetero) is 1. The Morgan fingerprint density at radius 1 is 1.38 bits per heavy atom. The molecule has 6 nitrogen and oxygen atoms in total. The zero-order valence-corrected chi connectivity index (χ0v) is 7.27. The smallest absolute Gasteiger partial charge is 0.327 e. The molecule has 1 rings (SSSR count). The molecule has 1 atom stereocenters. The minimum absolute atomic E-state index is 0.341. The van der Waals surface area contributed by atoms with Gasteiger partial charge in [0.2, 0.25) is 6.23 Å². The fraction of sp³-hybridized carbons (Fsp3) is 0.571. The summed E-state index contributed by atoms with van der Waals surface area (Å²) in [5, 5.41) is 11.1. The maximum Gasteiger partial charge on any atom is 0.327 e. The van der Waals surface area contributed by atoms with Crippen LogP contribution in [-0.4, -0.2) is 40.0 Å². The highest BCUT2D eigenvalue weighted by molar-refractivity contribution is 6.42. The van der Waals surface area contributed by atoms with E-state index < -0.39 is 23.9 Å². The number of amides is 3. The van der Waals surface area contributed by atoms with Crippen molar-refractivity contribution >= 4 is 17.7 Å². The van der Waals surface area contributed by atoms with E-state index in [-0.39, 0.29) is 6.04 Å². The number of nitrogens with one attached hydrogen (secondary N) is 1. The van der Waals surface area contributed by atoms with E-state index in [0.29, 0.717) is 0 Å². The first-order chi connectivity index (χ1) is 5.95. The van der Waals surface area contributed by atoms with Crippen molar-refractivity contribution in [2.24, 2.45) is 0 Å². The van der Waals surface area contributed by atoms with E-state index in [1.165, 1.54) is 0 Å². The van der Waals surface area contributed by atoms with Crippen molar-refractivity contribution in [2.45, 2.75) is 26.1 Å². The number of rotatable bonds is 1. The van der Waals surface area contributed by atoms with Gasteiger partial charge in [0.1, 0.15) is 0 Å². The van der Waals surface area contributed by atoms with E-state index in [2.05, 4.69) is 0 Å². The van der Waals surface area contributed by atoms with Crippen LogP contribution in [0.4, 0.5) is 4.79 Å². The van der Waals surface area contributed by atoms with Crippen molar-refractivity contribution in [3.63, 3.8) is 0 Å². The SMILES string of the molecule is CC(C)N1C(=O)NC(=O)C(=O)C1O. The van der Waals surface area contributed by atoms with Gasteiger partial charge in [-0.1, -0.05) is 0 Å². The molecule has 1 saturated heterocycles. The van der Waals surface area contributed by atoms with Crippen LogP contribution in [0.3, 0.4) is 0 Å². The molecule has 13 heavy (non-hydrogen) atoms. The van der Waals surface area contributed by atoms with E-state index in [0.717, 1.165) is 4.90 Å². The Morgan fingerprint density at radius 2 is 1.92 bits per heavy atom. The second kappa shape index (κ2) is 3.14. The average molecular weight is 186 g/mol. The summed E-state index contributed by atoms with van der Waals surface area (Å²) in [6, 6.07) is -1.08. The lowest BCUT2D eigenvalue weighted by atomic mass is 10.2. The fourth-order valence-corrected chi connectivity index (χ4v) is 1.09. The molecule has 0 spiro atoms. The van der Waals surface area contributed by atoms with Crippen molar-refractivity contribution in [3.05, 3.63) is 0 Å². The standard InChI is InChI=1S/C7H10N2O4/c1-3(2)9-6(12)4(10)5(11)8-7(9)13/h3,6,12H,1-2H3,(H,8,11,13). The molecule has 1 fully saturated rings. The van der Waals surface area contributed by atoms with E-state index in [1.54, 1.807) is 13.8 Å². The number of aliphatic hydroxyl groups is 1. The van der Waals surface area contributed by atoms with Crippen molar-refractivity contribution in [3.8, 4) is 0 Å². The zero-order chi connectivity index (χ0) is 10.2. The Bertz CT molecular complexity index is 274. The van der Waals surface area contributed by atoms with Gasteiger partial charge in [0.15, 0.2) is 0 Å². The number of urea groups is 1. The minimum atomic E-state index is -1.65. The van der Waals surface area contributed by atoms with Gasteiger partial charge >= 0.3 is 6.03 Å². The molecule has 0 aromatic rings. The van der Waals surface area contributed by atoms with Crippen LogP contribution in [0, 0.1) is 0 Å². The highest BCUT2D eigenvalue weighted by atomic mass is 16.3. The topological polar surface area (TPSA) is 86.7 Å². The minimum Gasteiger partial charge on any atom is -0.366 e. The molecular formula is C7H10N2O4. The normalized spacial score (nSPS) is 23.8. The quantitative estimate of drug-likeness (QED) is 0.505.